The highest BCUT2D eigenvalue weighted by Crippen LogP contribution is 1.98. The molecule has 0 amide bonds. The first kappa shape index (κ1) is 8.27. The fraction of sp³-hybridized carbons (Fsp3) is 1.00. The molecule has 0 aliphatic heterocycles. The Morgan fingerprint density at radius 1 is 1.62 bits per heavy atom. The molecule has 0 aromatic heterocycles. The zero-order valence-electron chi connectivity index (χ0n) is 5.26. The topological polar surface area (TPSA) is 32.3 Å². The van der Waals surface area contributed by atoms with Crippen molar-refractivity contribution in [3.05, 3.63) is 0 Å². The molecule has 8 heavy (non-hydrogen) atoms. The molecule has 0 saturated heterocycles. The lowest BCUT2D eigenvalue weighted by atomic mass is 10.1. The minimum absolute atomic E-state index is 0.271. The van der Waals surface area contributed by atoms with Gasteiger partial charge in [-0.3, -0.25) is 4.72 Å². The molecule has 0 bridgehead atoms. The van der Waals surface area contributed by atoms with Gasteiger partial charge in [0.25, 0.3) is 0 Å². The molecule has 3 heteroatoms. The minimum Gasteiger partial charge on any atom is -0.392 e. The van der Waals surface area contributed by atoms with Gasteiger partial charge in [0, 0.05) is 6.54 Å². The van der Waals surface area contributed by atoms with Gasteiger partial charge in [-0.1, -0.05) is 26.7 Å². The number of nitrogens with one attached hydrogen (secondary N) is 1. The standard InChI is InChI=1S/C5H13NOS/c1-4(2)5(7)3-6-8/h4-8H,3H2,1-2H3. The largest absolute Gasteiger partial charge is 0.392 e. The van der Waals surface area contributed by atoms with Gasteiger partial charge in [-0.05, 0) is 5.92 Å². The molecule has 0 spiro atoms. The van der Waals surface area contributed by atoms with E-state index in [9.17, 15) is 0 Å². The van der Waals surface area contributed by atoms with E-state index in [0.29, 0.717) is 12.5 Å². The monoisotopic (exact) mass is 135 g/mol. The van der Waals surface area contributed by atoms with Crippen LogP contribution in [0.3, 0.4) is 0 Å². The Kier molecular flexibility index (Phi) is 4.32. The molecule has 1 unspecified atom stereocenters. The second kappa shape index (κ2) is 4.18. The minimum atomic E-state index is -0.271. The molecule has 0 fully saturated rings. The van der Waals surface area contributed by atoms with Crippen molar-refractivity contribution in [3.8, 4) is 0 Å². The Bertz CT molecular complexity index is 58.4. The molecule has 2 N–H and O–H groups in total. The molecular weight excluding hydrogens is 122 g/mol. The summed E-state index contributed by atoms with van der Waals surface area (Å²) in [7, 11) is 0. The van der Waals surface area contributed by atoms with E-state index < -0.39 is 0 Å². The van der Waals surface area contributed by atoms with Crippen molar-refractivity contribution in [2.45, 2.75) is 20.0 Å². The zero-order valence-corrected chi connectivity index (χ0v) is 6.15. The second-order valence-electron chi connectivity index (χ2n) is 2.17. The predicted octanol–water partition coefficient (Wildman–Crippen LogP) is 0.438. The fourth-order valence-corrected chi connectivity index (χ4v) is 0.516. The maximum Gasteiger partial charge on any atom is 0.0696 e. The van der Waals surface area contributed by atoms with Crippen LogP contribution in [-0.2, 0) is 0 Å². The van der Waals surface area contributed by atoms with Crippen LogP contribution in [0.5, 0.6) is 0 Å². The molecular formula is C5H13NOS. The van der Waals surface area contributed by atoms with Crippen LogP contribution < -0.4 is 4.72 Å². The van der Waals surface area contributed by atoms with E-state index >= 15 is 0 Å². The van der Waals surface area contributed by atoms with Crippen LogP contribution in [0, 0.1) is 5.92 Å². The molecule has 0 aromatic carbocycles. The van der Waals surface area contributed by atoms with Gasteiger partial charge in [-0.25, -0.2) is 0 Å². The van der Waals surface area contributed by atoms with Gasteiger partial charge in [0.1, 0.15) is 0 Å². The average molecular weight is 135 g/mol. The summed E-state index contributed by atoms with van der Waals surface area (Å²) in [6, 6.07) is 0. The lowest BCUT2D eigenvalue weighted by Crippen LogP contribution is -2.25. The summed E-state index contributed by atoms with van der Waals surface area (Å²) in [5.41, 5.74) is 0. The quantitative estimate of drug-likeness (QED) is 0.491. The number of rotatable bonds is 3. The second-order valence-corrected chi connectivity index (χ2v) is 2.49. The van der Waals surface area contributed by atoms with Crippen molar-refractivity contribution in [1.82, 2.24) is 4.72 Å². The predicted molar refractivity (Wildman–Crippen MR) is 37.8 cm³/mol. The third kappa shape index (κ3) is 3.29. The molecule has 1 atom stereocenters. The fourth-order valence-electron chi connectivity index (χ4n) is 0.329. The Morgan fingerprint density at radius 3 is 2.25 bits per heavy atom. The summed E-state index contributed by atoms with van der Waals surface area (Å²) >= 11 is 3.74. The van der Waals surface area contributed by atoms with Crippen molar-refractivity contribution in [3.63, 3.8) is 0 Å². The van der Waals surface area contributed by atoms with Crippen LogP contribution >= 0.6 is 12.8 Å². The van der Waals surface area contributed by atoms with Crippen molar-refractivity contribution >= 4 is 12.8 Å². The van der Waals surface area contributed by atoms with E-state index in [1.54, 1.807) is 0 Å². The van der Waals surface area contributed by atoms with Gasteiger partial charge in [0.2, 0.25) is 0 Å². The van der Waals surface area contributed by atoms with E-state index in [1.165, 1.54) is 0 Å². The van der Waals surface area contributed by atoms with Crippen LogP contribution in [0.2, 0.25) is 0 Å². The Hall–Kier alpha value is 0.270. The summed E-state index contributed by atoms with van der Waals surface area (Å²) in [4.78, 5) is 0. The highest BCUT2D eigenvalue weighted by molar-refractivity contribution is 7.78. The van der Waals surface area contributed by atoms with E-state index in [1.807, 2.05) is 13.8 Å². The molecule has 0 aliphatic carbocycles. The van der Waals surface area contributed by atoms with E-state index in [4.69, 9.17) is 5.11 Å². The first-order chi connectivity index (χ1) is 3.68. The molecule has 0 rings (SSSR count). The van der Waals surface area contributed by atoms with Gasteiger partial charge in [0.05, 0.1) is 6.10 Å². The lowest BCUT2D eigenvalue weighted by Gasteiger charge is -2.11. The summed E-state index contributed by atoms with van der Waals surface area (Å²) in [5, 5.41) is 9.02. The molecule has 0 aliphatic rings. The van der Waals surface area contributed by atoms with Crippen LogP contribution in [0.25, 0.3) is 0 Å². The van der Waals surface area contributed by atoms with Gasteiger partial charge in [-0.2, -0.15) is 0 Å². The number of hydrogen-bond donors (Lipinski definition) is 3. The first-order valence-corrected chi connectivity index (χ1v) is 3.18. The molecule has 0 radical (unpaired) electrons. The maximum absolute atomic E-state index is 9.02. The van der Waals surface area contributed by atoms with Crippen LogP contribution in [0.4, 0.5) is 0 Å². The third-order valence-corrected chi connectivity index (χ3v) is 1.25. The number of aliphatic hydroxyl groups is 1. The molecule has 50 valence electrons. The van der Waals surface area contributed by atoms with Gasteiger partial charge >= 0.3 is 0 Å². The highest BCUT2D eigenvalue weighted by atomic mass is 32.1. The van der Waals surface area contributed by atoms with Crippen molar-refractivity contribution in [2.24, 2.45) is 5.92 Å². The first-order valence-electron chi connectivity index (χ1n) is 2.73. The van der Waals surface area contributed by atoms with Gasteiger partial charge < -0.3 is 5.11 Å². The third-order valence-electron chi connectivity index (χ3n) is 1.07. The zero-order chi connectivity index (χ0) is 6.57. The number of aliphatic hydroxyl groups excluding tert-OH is 1. The van der Waals surface area contributed by atoms with Gasteiger partial charge in [0.15, 0.2) is 0 Å². The van der Waals surface area contributed by atoms with E-state index in [2.05, 4.69) is 17.5 Å². The number of thiol groups is 1. The normalized spacial score (nSPS) is 14.6. The summed E-state index contributed by atoms with van der Waals surface area (Å²) < 4.78 is 2.59. The van der Waals surface area contributed by atoms with Crippen LogP contribution in [-0.4, -0.2) is 17.8 Å². The van der Waals surface area contributed by atoms with Crippen molar-refractivity contribution in [1.29, 1.82) is 0 Å². The Balaban J connectivity index is 3.17. The smallest absolute Gasteiger partial charge is 0.0696 e. The maximum atomic E-state index is 9.02. The Labute approximate surface area is 55.8 Å². The van der Waals surface area contributed by atoms with Gasteiger partial charge in [-0.15, -0.1) is 0 Å². The van der Waals surface area contributed by atoms with Crippen molar-refractivity contribution in [2.75, 3.05) is 6.54 Å². The number of hydrogen-bond acceptors (Lipinski definition) is 3. The molecule has 0 heterocycles. The highest BCUT2D eigenvalue weighted by Gasteiger charge is 2.05. The van der Waals surface area contributed by atoms with Crippen molar-refractivity contribution < 1.29 is 5.11 Å². The average Bonchev–Trinajstić information content (AvgIpc) is 1.67. The Morgan fingerprint density at radius 2 is 2.12 bits per heavy atom. The lowest BCUT2D eigenvalue weighted by molar-refractivity contribution is 0.130. The summed E-state index contributed by atoms with van der Waals surface area (Å²) in [5.74, 6) is 0.314. The van der Waals surface area contributed by atoms with E-state index in [0.717, 1.165) is 0 Å². The SMILES string of the molecule is CC(C)C(O)CNS. The van der Waals surface area contributed by atoms with Crippen LogP contribution in [0.15, 0.2) is 0 Å². The van der Waals surface area contributed by atoms with Crippen LogP contribution in [0.1, 0.15) is 13.8 Å². The van der Waals surface area contributed by atoms with E-state index in [-0.39, 0.29) is 6.10 Å². The molecule has 2 nitrogen and oxygen atoms in total. The summed E-state index contributed by atoms with van der Waals surface area (Å²) in [6.45, 7) is 4.49. The molecule has 0 saturated carbocycles. The molecule has 0 aromatic rings. The summed E-state index contributed by atoms with van der Waals surface area (Å²) in [6.07, 6.45) is -0.271.